The summed E-state index contributed by atoms with van der Waals surface area (Å²) < 4.78 is 5.11. The van der Waals surface area contributed by atoms with Gasteiger partial charge in [0.05, 0.1) is 23.5 Å². The molecule has 1 amide bonds. The second kappa shape index (κ2) is 8.46. The molecule has 0 radical (unpaired) electrons. The molecule has 0 aliphatic heterocycles. The van der Waals surface area contributed by atoms with Gasteiger partial charge in [-0.25, -0.2) is 4.98 Å². The first-order valence-corrected chi connectivity index (χ1v) is 11.1. The van der Waals surface area contributed by atoms with Gasteiger partial charge >= 0.3 is 0 Å². The van der Waals surface area contributed by atoms with E-state index < -0.39 is 0 Å². The Morgan fingerprint density at radius 2 is 2.29 bits per heavy atom. The van der Waals surface area contributed by atoms with Crippen LogP contribution < -0.4 is 10.9 Å². The molecule has 8 heteroatoms. The van der Waals surface area contributed by atoms with Gasteiger partial charge in [0.25, 0.3) is 5.56 Å². The number of aryl methyl sites for hydroxylation is 2. The lowest BCUT2D eigenvalue weighted by Crippen LogP contribution is -2.15. The third-order valence-electron chi connectivity index (χ3n) is 4.62. The highest BCUT2D eigenvalue weighted by atomic mass is 32.2. The van der Waals surface area contributed by atoms with Crippen LogP contribution in [-0.2, 0) is 34.7 Å². The summed E-state index contributed by atoms with van der Waals surface area (Å²) in [6.07, 6.45) is 3.14. The number of H-pyrrole nitrogens is 1. The van der Waals surface area contributed by atoms with Crippen molar-refractivity contribution in [2.75, 3.05) is 18.2 Å². The van der Waals surface area contributed by atoms with E-state index in [1.165, 1.54) is 22.2 Å². The highest BCUT2D eigenvalue weighted by Gasteiger charge is 2.21. The number of ether oxygens (including phenoxy) is 1. The first-order valence-electron chi connectivity index (χ1n) is 9.13. The lowest BCUT2D eigenvalue weighted by Gasteiger charge is -2.07. The van der Waals surface area contributed by atoms with E-state index in [9.17, 15) is 9.59 Å². The number of methoxy groups -OCH3 is 1. The number of nitrogens with one attached hydrogen (secondary N) is 2. The largest absolute Gasteiger partial charge is 0.380 e. The van der Waals surface area contributed by atoms with Gasteiger partial charge in [0.1, 0.15) is 10.7 Å². The van der Waals surface area contributed by atoms with Crippen molar-refractivity contribution in [2.24, 2.45) is 0 Å². The number of hydrogen-bond acceptors (Lipinski definition) is 6. The number of aromatic amines is 1. The van der Waals surface area contributed by atoms with Crippen LogP contribution in [0, 0.1) is 0 Å². The van der Waals surface area contributed by atoms with Gasteiger partial charge in [0, 0.05) is 17.7 Å². The van der Waals surface area contributed by atoms with Crippen LogP contribution in [0.4, 0.5) is 5.69 Å². The summed E-state index contributed by atoms with van der Waals surface area (Å²) in [4.78, 5) is 34.3. The number of hydrogen-bond donors (Lipinski definition) is 2. The Hall–Kier alpha value is -2.16. The number of amides is 1. The lowest BCUT2D eigenvalue weighted by atomic mass is 10.2. The maximum atomic E-state index is 12.5. The molecule has 0 spiro atoms. The smallest absolute Gasteiger partial charge is 0.259 e. The van der Waals surface area contributed by atoms with Crippen LogP contribution in [0.1, 0.15) is 28.2 Å². The van der Waals surface area contributed by atoms with Crippen molar-refractivity contribution < 1.29 is 9.53 Å². The quantitative estimate of drug-likeness (QED) is 0.617. The fraction of sp³-hybridized carbons (Fsp3) is 0.350. The second-order valence-electron chi connectivity index (χ2n) is 6.72. The average molecular weight is 416 g/mol. The van der Waals surface area contributed by atoms with E-state index in [0.29, 0.717) is 18.2 Å². The van der Waals surface area contributed by atoms with Gasteiger partial charge in [-0.1, -0.05) is 12.1 Å². The number of carbonyl (C=O) groups excluding carboxylic acids is 1. The molecule has 2 N–H and O–H groups in total. The summed E-state index contributed by atoms with van der Waals surface area (Å²) in [6.45, 7) is 0.506. The topological polar surface area (TPSA) is 84.1 Å². The molecule has 0 fully saturated rings. The molecule has 1 aliphatic rings. The molecule has 2 aromatic heterocycles. The van der Waals surface area contributed by atoms with Gasteiger partial charge in [-0.3, -0.25) is 9.59 Å². The van der Waals surface area contributed by atoms with Gasteiger partial charge < -0.3 is 15.0 Å². The molecule has 0 atom stereocenters. The van der Waals surface area contributed by atoms with Gasteiger partial charge in [0.15, 0.2) is 0 Å². The Morgan fingerprint density at radius 1 is 1.39 bits per heavy atom. The fourth-order valence-corrected chi connectivity index (χ4v) is 5.43. The van der Waals surface area contributed by atoms with Crippen LogP contribution in [0.15, 0.2) is 29.1 Å². The zero-order valence-corrected chi connectivity index (χ0v) is 17.2. The molecule has 146 valence electrons. The predicted molar refractivity (Wildman–Crippen MR) is 114 cm³/mol. The zero-order chi connectivity index (χ0) is 19.5. The number of rotatable bonds is 7. The maximum Gasteiger partial charge on any atom is 0.259 e. The predicted octanol–water partition coefficient (Wildman–Crippen LogP) is 3.49. The number of anilines is 1. The van der Waals surface area contributed by atoms with Crippen molar-refractivity contribution in [3.05, 3.63) is 56.4 Å². The SMILES string of the molecule is COCc1cccc(NC(=O)CSCc2nc3sc4c(c3c(=O)[nH]2)CCC4)c1. The molecule has 6 nitrogen and oxygen atoms in total. The second-order valence-corrected chi connectivity index (χ2v) is 8.79. The Balaban J connectivity index is 1.35. The number of thiophene rings is 1. The first kappa shape index (κ1) is 19.2. The van der Waals surface area contributed by atoms with Crippen molar-refractivity contribution in [3.8, 4) is 0 Å². The first-order chi connectivity index (χ1) is 13.6. The monoisotopic (exact) mass is 415 g/mol. The number of fused-ring (bicyclic) bond motifs is 3. The highest BCUT2D eigenvalue weighted by Crippen LogP contribution is 2.34. The third kappa shape index (κ3) is 4.14. The minimum absolute atomic E-state index is 0.0561. The van der Waals surface area contributed by atoms with E-state index in [2.05, 4.69) is 15.3 Å². The van der Waals surface area contributed by atoms with Gasteiger partial charge in [-0.05, 0) is 42.5 Å². The van der Waals surface area contributed by atoms with E-state index in [-0.39, 0.29) is 17.2 Å². The van der Waals surface area contributed by atoms with Crippen molar-refractivity contribution in [1.82, 2.24) is 9.97 Å². The number of carbonyl (C=O) groups is 1. The van der Waals surface area contributed by atoms with Gasteiger partial charge in [-0.15, -0.1) is 23.1 Å². The summed E-state index contributed by atoms with van der Waals surface area (Å²) in [5, 5.41) is 3.65. The molecule has 28 heavy (non-hydrogen) atoms. The summed E-state index contributed by atoms with van der Waals surface area (Å²) in [7, 11) is 1.64. The number of benzene rings is 1. The van der Waals surface area contributed by atoms with Crippen molar-refractivity contribution in [3.63, 3.8) is 0 Å². The van der Waals surface area contributed by atoms with E-state index in [0.717, 1.165) is 40.7 Å². The molecule has 2 heterocycles. The van der Waals surface area contributed by atoms with Crippen molar-refractivity contribution in [1.29, 1.82) is 0 Å². The standard InChI is InChI=1S/C20H21N3O3S2/c1-26-9-12-4-2-5-13(8-12)21-17(24)11-27-10-16-22-19(25)18-14-6-3-7-15(14)28-20(18)23-16/h2,4-5,8H,3,6-7,9-11H2,1H3,(H,21,24)(H,22,23,25). The highest BCUT2D eigenvalue weighted by molar-refractivity contribution is 7.99. The lowest BCUT2D eigenvalue weighted by molar-refractivity contribution is -0.113. The van der Waals surface area contributed by atoms with E-state index in [1.54, 1.807) is 18.4 Å². The molecule has 0 unspecified atom stereocenters. The Morgan fingerprint density at radius 3 is 3.14 bits per heavy atom. The van der Waals surface area contributed by atoms with Crippen LogP contribution in [0.2, 0.25) is 0 Å². The number of aromatic nitrogens is 2. The number of thioether (sulfide) groups is 1. The van der Waals surface area contributed by atoms with Crippen LogP contribution in [0.3, 0.4) is 0 Å². The third-order valence-corrected chi connectivity index (χ3v) is 6.75. The summed E-state index contributed by atoms with van der Waals surface area (Å²) >= 11 is 3.06. The molecular weight excluding hydrogens is 394 g/mol. The minimum Gasteiger partial charge on any atom is -0.380 e. The average Bonchev–Trinajstić information content (AvgIpc) is 3.23. The molecule has 1 aromatic carbocycles. The maximum absolute atomic E-state index is 12.5. The van der Waals surface area contributed by atoms with Crippen LogP contribution in [0.25, 0.3) is 10.2 Å². The van der Waals surface area contributed by atoms with Crippen LogP contribution in [0.5, 0.6) is 0 Å². The normalized spacial score (nSPS) is 13.0. The zero-order valence-electron chi connectivity index (χ0n) is 15.5. The van der Waals surface area contributed by atoms with Crippen molar-refractivity contribution in [2.45, 2.75) is 31.6 Å². The summed E-state index contributed by atoms with van der Waals surface area (Å²) in [6, 6.07) is 7.59. The molecule has 0 bridgehead atoms. The minimum atomic E-state index is -0.0851. The molecule has 4 rings (SSSR count). The van der Waals surface area contributed by atoms with Gasteiger partial charge in [0.2, 0.25) is 5.91 Å². The fourth-order valence-electron chi connectivity index (χ4n) is 3.46. The molecular formula is C20H21N3O3S2. The Labute approximate surface area is 170 Å². The molecule has 0 saturated carbocycles. The van der Waals surface area contributed by atoms with Crippen LogP contribution in [-0.4, -0.2) is 28.7 Å². The van der Waals surface area contributed by atoms with E-state index >= 15 is 0 Å². The Bertz CT molecular complexity index is 1070. The Kier molecular flexibility index (Phi) is 5.79. The summed E-state index contributed by atoms with van der Waals surface area (Å²) in [5.41, 5.74) is 2.88. The number of nitrogens with zero attached hydrogens (tertiary/aromatic N) is 1. The molecule has 1 aliphatic carbocycles. The van der Waals surface area contributed by atoms with Gasteiger partial charge in [-0.2, -0.15) is 0 Å². The molecule has 3 aromatic rings. The van der Waals surface area contributed by atoms with Crippen LogP contribution >= 0.6 is 23.1 Å². The van der Waals surface area contributed by atoms with Crippen molar-refractivity contribution >= 4 is 44.9 Å². The van der Waals surface area contributed by atoms with E-state index in [1.807, 2.05) is 24.3 Å². The molecule has 0 saturated heterocycles. The summed E-state index contributed by atoms with van der Waals surface area (Å²) in [5.74, 6) is 1.32. The van der Waals surface area contributed by atoms with E-state index in [4.69, 9.17) is 4.74 Å².